The number of thioether (sulfide) groups is 1. The lowest BCUT2D eigenvalue weighted by atomic mass is 9.75. The molecule has 1 saturated heterocycles. The van der Waals surface area contributed by atoms with Crippen LogP contribution in [0.1, 0.15) is 34.7 Å². The van der Waals surface area contributed by atoms with Crippen LogP contribution in [0.5, 0.6) is 5.75 Å². The standard InChI is InChI=1S/C45H42N2O2S/c1-35(37-24-26-39(27-25-37)38-14-6-2-7-15-38)46-49-31-30-48-43-28-22-36(23-29-43)32-44-33-47(34-50-44)45(40-16-8-3-9-17-40,41-18-10-4-11-19-41)42-20-12-5-13-21-42/h2-29,44H,30-34H2,1H3. The first-order valence-corrected chi connectivity index (χ1v) is 18.3. The van der Waals surface area contributed by atoms with Crippen molar-refractivity contribution in [3.8, 4) is 16.9 Å². The Morgan fingerprint density at radius 1 is 0.640 bits per heavy atom. The summed E-state index contributed by atoms with van der Waals surface area (Å²) < 4.78 is 5.98. The van der Waals surface area contributed by atoms with Crippen molar-refractivity contribution in [2.24, 2.45) is 5.16 Å². The fourth-order valence-electron chi connectivity index (χ4n) is 6.90. The van der Waals surface area contributed by atoms with Crippen LogP contribution in [0.15, 0.2) is 175 Å². The van der Waals surface area contributed by atoms with Crippen LogP contribution in [0.2, 0.25) is 0 Å². The highest BCUT2D eigenvalue weighted by atomic mass is 32.2. The van der Waals surface area contributed by atoms with Crippen molar-refractivity contribution in [1.29, 1.82) is 0 Å². The summed E-state index contributed by atoms with van der Waals surface area (Å²) in [6.45, 7) is 3.75. The molecule has 1 aliphatic rings. The van der Waals surface area contributed by atoms with E-state index < -0.39 is 0 Å². The summed E-state index contributed by atoms with van der Waals surface area (Å²) in [4.78, 5) is 8.26. The third-order valence-electron chi connectivity index (χ3n) is 9.38. The Morgan fingerprint density at radius 2 is 1.16 bits per heavy atom. The maximum Gasteiger partial charge on any atom is 0.151 e. The van der Waals surface area contributed by atoms with Crippen molar-refractivity contribution in [1.82, 2.24) is 4.90 Å². The molecule has 0 spiro atoms. The monoisotopic (exact) mass is 674 g/mol. The minimum atomic E-state index is -0.374. The third-order valence-corrected chi connectivity index (χ3v) is 10.6. The van der Waals surface area contributed by atoms with Gasteiger partial charge in [-0.15, -0.1) is 11.8 Å². The first-order valence-electron chi connectivity index (χ1n) is 17.3. The minimum Gasteiger partial charge on any atom is -0.490 e. The predicted molar refractivity (Wildman–Crippen MR) is 208 cm³/mol. The van der Waals surface area contributed by atoms with Gasteiger partial charge in [0.15, 0.2) is 6.61 Å². The smallest absolute Gasteiger partial charge is 0.151 e. The van der Waals surface area contributed by atoms with Gasteiger partial charge >= 0.3 is 0 Å². The number of oxime groups is 1. The number of hydrogen-bond donors (Lipinski definition) is 0. The highest BCUT2D eigenvalue weighted by Crippen LogP contribution is 2.46. The highest BCUT2D eigenvalue weighted by molar-refractivity contribution is 8.00. The summed E-state index contributed by atoms with van der Waals surface area (Å²) in [7, 11) is 0. The molecule has 0 aliphatic carbocycles. The molecule has 1 heterocycles. The van der Waals surface area contributed by atoms with E-state index in [4.69, 9.17) is 9.57 Å². The Kier molecular flexibility index (Phi) is 10.7. The number of ether oxygens (including phenoxy) is 1. The van der Waals surface area contributed by atoms with E-state index in [1.165, 1.54) is 33.4 Å². The van der Waals surface area contributed by atoms with Gasteiger partial charge in [-0.3, -0.25) is 4.90 Å². The minimum absolute atomic E-state index is 0.374. The number of rotatable bonds is 13. The molecule has 0 amide bonds. The molecule has 250 valence electrons. The second-order valence-electron chi connectivity index (χ2n) is 12.6. The predicted octanol–water partition coefficient (Wildman–Crippen LogP) is 10.1. The summed E-state index contributed by atoms with van der Waals surface area (Å²) in [5.41, 5.74) is 9.08. The average Bonchev–Trinajstić information content (AvgIpc) is 3.65. The number of nitrogens with zero attached hydrogens (tertiary/aromatic N) is 2. The van der Waals surface area contributed by atoms with Crippen molar-refractivity contribution in [3.05, 3.63) is 198 Å². The topological polar surface area (TPSA) is 34.1 Å². The van der Waals surface area contributed by atoms with Crippen LogP contribution in [0.25, 0.3) is 11.1 Å². The molecule has 6 aromatic rings. The van der Waals surface area contributed by atoms with Crippen molar-refractivity contribution in [2.45, 2.75) is 24.1 Å². The van der Waals surface area contributed by atoms with Gasteiger partial charge in [0.1, 0.15) is 12.4 Å². The van der Waals surface area contributed by atoms with Crippen molar-refractivity contribution < 1.29 is 9.57 Å². The second-order valence-corrected chi connectivity index (χ2v) is 13.9. The van der Waals surface area contributed by atoms with Gasteiger partial charge in [-0.1, -0.05) is 163 Å². The molecule has 1 aliphatic heterocycles. The van der Waals surface area contributed by atoms with Crippen LogP contribution < -0.4 is 4.74 Å². The van der Waals surface area contributed by atoms with E-state index in [0.717, 1.165) is 35.9 Å². The molecule has 1 unspecified atom stereocenters. The van der Waals surface area contributed by atoms with E-state index in [1.54, 1.807) is 0 Å². The molecule has 0 radical (unpaired) electrons. The van der Waals surface area contributed by atoms with Gasteiger partial charge in [-0.25, -0.2) is 0 Å². The van der Waals surface area contributed by atoms with E-state index in [2.05, 4.69) is 174 Å². The second kappa shape index (κ2) is 16.1. The number of hydrogen-bond acceptors (Lipinski definition) is 5. The van der Waals surface area contributed by atoms with Gasteiger partial charge in [0.05, 0.1) is 11.3 Å². The van der Waals surface area contributed by atoms with Crippen LogP contribution in [-0.2, 0) is 16.8 Å². The van der Waals surface area contributed by atoms with E-state index in [1.807, 2.05) is 24.8 Å². The fraction of sp³-hybridized carbons (Fsp3) is 0.178. The zero-order valence-electron chi connectivity index (χ0n) is 28.4. The first-order chi connectivity index (χ1) is 24.7. The van der Waals surface area contributed by atoms with Crippen LogP contribution in [0.3, 0.4) is 0 Å². The normalized spacial score (nSPS) is 15.1. The maximum absolute atomic E-state index is 5.98. The van der Waals surface area contributed by atoms with Crippen LogP contribution in [-0.4, -0.2) is 41.5 Å². The Labute approximate surface area is 300 Å². The Balaban J connectivity index is 0.947. The molecule has 7 rings (SSSR count). The van der Waals surface area contributed by atoms with Gasteiger partial charge in [0, 0.05) is 17.7 Å². The van der Waals surface area contributed by atoms with Crippen molar-refractivity contribution in [3.63, 3.8) is 0 Å². The Bertz CT molecular complexity index is 1850. The van der Waals surface area contributed by atoms with Gasteiger partial charge in [0.25, 0.3) is 0 Å². The zero-order chi connectivity index (χ0) is 34.0. The molecule has 1 fully saturated rings. The maximum atomic E-state index is 5.98. The van der Waals surface area contributed by atoms with E-state index in [-0.39, 0.29) is 5.54 Å². The van der Waals surface area contributed by atoms with Gasteiger partial charge in [0.2, 0.25) is 0 Å². The molecule has 4 nitrogen and oxygen atoms in total. The lowest BCUT2D eigenvalue weighted by Gasteiger charge is -2.43. The third kappa shape index (κ3) is 7.55. The zero-order valence-corrected chi connectivity index (χ0v) is 29.2. The lowest BCUT2D eigenvalue weighted by Crippen LogP contribution is -2.47. The summed E-state index contributed by atoms with van der Waals surface area (Å²) in [6.07, 6.45) is 0.999. The molecule has 50 heavy (non-hydrogen) atoms. The molecular formula is C45H42N2O2S. The lowest BCUT2D eigenvalue weighted by molar-refractivity contribution is 0.107. The van der Waals surface area contributed by atoms with E-state index in [9.17, 15) is 0 Å². The number of benzene rings is 6. The Morgan fingerprint density at radius 3 is 1.72 bits per heavy atom. The molecule has 0 N–H and O–H groups in total. The highest BCUT2D eigenvalue weighted by Gasteiger charge is 2.45. The summed E-state index contributed by atoms with van der Waals surface area (Å²) in [5, 5.41) is 4.78. The van der Waals surface area contributed by atoms with Crippen molar-refractivity contribution >= 4 is 17.5 Å². The molecular weight excluding hydrogens is 633 g/mol. The Hall–Kier alpha value is -5.10. The SMILES string of the molecule is CC(=NOCCOc1ccc(CC2CN(C(c3ccccc3)(c3ccccc3)c3ccccc3)CS2)cc1)c1ccc(-c2ccccc2)cc1. The van der Waals surface area contributed by atoms with Crippen molar-refractivity contribution in [2.75, 3.05) is 25.6 Å². The van der Waals surface area contributed by atoms with Gasteiger partial charge in [-0.2, -0.15) is 0 Å². The van der Waals surface area contributed by atoms with Crippen LogP contribution in [0.4, 0.5) is 0 Å². The van der Waals surface area contributed by atoms with Crippen LogP contribution in [0, 0.1) is 0 Å². The molecule has 1 atom stereocenters. The van der Waals surface area contributed by atoms with E-state index in [0.29, 0.717) is 18.5 Å². The molecule has 6 aromatic carbocycles. The summed E-state index contributed by atoms with van der Waals surface area (Å²) in [6, 6.07) is 60.2. The fourth-order valence-corrected chi connectivity index (χ4v) is 8.19. The van der Waals surface area contributed by atoms with Gasteiger partial charge < -0.3 is 9.57 Å². The average molecular weight is 675 g/mol. The largest absolute Gasteiger partial charge is 0.490 e. The molecule has 0 aromatic heterocycles. The van der Waals surface area contributed by atoms with Gasteiger partial charge in [-0.05, 0) is 64.4 Å². The molecule has 0 saturated carbocycles. The summed E-state index contributed by atoms with van der Waals surface area (Å²) >= 11 is 2.05. The van der Waals surface area contributed by atoms with E-state index >= 15 is 0 Å². The quantitative estimate of drug-likeness (QED) is 0.0529. The first kappa shape index (κ1) is 33.4. The molecule has 0 bridgehead atoms. The van der Waals surface area contributed by atoms with Crippen LogP contribution >= 0.6 is 11.8 Å². The molecule has 5 heteroatoms. The summed E-state index contributed by atoms with van der Waals surface area (Å²) in [5.74, 6) is 1.79.